The molecule has 0 aliphatic heterocycles. The number of nitrogens with zero attached hydrogens (tertiary/aromatic N) is 1. The summed E-state index contributed by atoms with van der Waals surface area (Å²) in [6, 6.07) is 1.91. The molecule has 0 rings (SSSR count). The fourth-order valence-electron chi connectivity index (χ4n) is 0.481. The minimum absolute atomic E-state index is 0.0963. The van der Waals surface area contributed by atoms with Crippen molar-refractivity contribution in [3.63, 3.8) is 0 Å². The molecule has 9 heavy (non-hydrogen) atoms. The molecule has 0 saturated carbocycles. The average molecular weight is 126 g/mol. The number of rotatable bonds is 4. The molecule has 0 atom stereocenters. The van der Waals surface area contributed by atoms with Gasteiger partial charge in [-0.1, -0.05) is 0 Å². The highest BCUT2D eigenvalue weighted by Crippen LogP contribution is 1.85. The van der Waals surface area contributed by atoms with Crippen molar-refractivity contribution in [1.29, 1.82) is 5.26 Å². The van der Waals surface area contributed by atoms with Gasteiger partial charge in [0.2, 0.25) is 0 Å². The Morgan fingerprint density at radius 3 is 2.89 bits per heavy atom. The van der Waals surface area contributed by atoms with Crippen LogP contribution in [0.3, 0.4) is 0 Å². The fourth-order valence-corrected chi connectivity index (χ4v) is 0.481. The molecule has 3 nitrogen and oxygen atoms in total. The van der Waals surface area contributed by atoms with Crippen LogP contribution in [0.2, 0.25) is 0 Å². The Balaban J connectivity index is 3.19. The Kier molecular flexibility index (Phi) is 4.75. The molecule has 0 aliphatic carbocycles. The topological polar surface area (TPSA) is 52.9 Å². The molecule has 0 radical (unpaired) electrons. The lowest BCUT2D eigenvalue weighted by Crippen LogP contribution is -2.17. The molecule has 0 aromatic rings. The zero-order valence-corrected chi connectivity index (χ0v) is 5.48. The number of likely N-dealkylation sites (N-methyl/N-ethyl adjacent to an activating group) is 1. The third kappa shape index (κ3) is 4.98. The van der Waals surface area contributed by atoms with Crippen LogP contribution in [0.25, 0.3) is 0 Å². The number of hydrogen-bond donors (Lipinski definition) is 1. The molecule has 0 fully saturated rings. The smallest absolute Gasteiger partial charge is 0.147 e. The summed E-state index contributed by atoms with van der Waals surface area (Å²) < 4.78 is 0. The van der Waals surface area contributed by atoms with Crippen molar-refractivity contribution in [2.45, 2.75) is 12.8 Å². The summed E-state index contributed by atoms with van der Waals surface area (Å²) in [7, 11) is 1.71. The van der Waals surface area contributed by atoms with Gasteiger partial charge in [0.25, 0.3) is 0 Å². The molecular weight excluding hydrogens is 116 g/mol. The molecule has 0 aliphatic rings. The van der Waals surface area contributed by atoms with E-state index in [1.54, 1.807) is 7.05 Å². The van der Waals surface area contributed by atoms with Crippen LogP contribution in [0.1, 0.15) is 12.8 Å². The molecule has 0 aromatic carbocycles. The van der Waals surface area contributed by atoms with E-state index in [-0.39, 0.29) is 5.78 Å². The van der Waals surface area contributed by atoms with Crippen molar-refractivity contribution in [1.82, 2.24) is 5.32 Å². The second-order valence-electron chi connectivity index (χ2n) is 1.73. The highest BCUT2D eigenvalue weighted by Gasteiger charge is 1.96. The molecule has 3 heteroatoms. The van der Waals surface area contributed by atoms with Crippen LogP contribution < -0.4 is 5.32 Å². The summed E-state index contributed by atoms with van der Waals surface area (Å²) in [5, 5.41) is 10.8. The van der Waals surface area contributed by atoms with Gasteiger partial charge in [-0.2, -0.15) is 5.26 Å². The molecule has 1 N–H and O–H groups in total. The van der Waals surface area contributed by atoms with Gasteiger partial charge in [0, 0.05) is 12.8 Å². The maximum Gasteiger partial charge on any atom is 0.147 e. The summed E-state index contributed by atoms with van der Waals surface area (Å²) >= 11 is 0. The van der Waals surface area contributed by atoms with Gasteiger partial charge in [-0.15, -0.1) is 0 Å². The van der Waals surface area contributed by atoms with E-state index in [4.69, 9.17) is 5.26 Å². The van der Waals surface area contributed by atoms with Crippen LogP contribution in [-0.2, 0) is 4.79 Å². The highest BCUT2D eigenvalue weighted by molar-refractivity contribution is 5.80. The van der Waals surface area contributed by atoms with E-state index in [1.165, 1.54) is 0 Å². The number of nitrogens with one attached hydrogen (secondary N) is 1. The van der Waals surface area contributed by atoms with Gasteiger partial charge in [-0.25, -0.2) is 0 Å². The Morgan fingerprint density at radius 1 is 1.78 bits per heavy atom. The van der Waals surface area contributed by atoms with Crippen LogP contribution >= 0.6 is 0 Å². The fraction of sp³-hybridized carbons (Fsp3) is 0.667. The summed E-state index contributed by atoms with van der Waals surface area (Å²) in [5.74, 6) is 0.0963. The molecule has 0 unspecified atom stereocenters. The predicted octanol–water partition coefficient (Wildman–Crippen LogP) is 0.0787. The number of Topliss-reactive ketones (excluding diaryl/α,β-unsaturated/α-hetero) is 1. The maximum absolute atomic E-state index is 10.6. The summed E-state index contributed by atoms with van der Waals surface area (Å²) in [6.07, 6.45) is 0.706. The van der Waals surface area contributed by atoms with E-state index in [9.17, 15) is 4.79 Å². The first-order chi connectivity index (χ1) is 4.31. The summed E-state index contributed by atoms with van der Waals surface area (Å²) in [5.41, 5.74) is 0. The molecule has 0 spiro atoms. The normalized spacial score (nSPS) is 8.44. The number of ketones is 1. The molecule has 0 saturated heterocycles. The Labute approximate surface area is 54.7 Å². The number of nitriles is 1. The van der Waals surface area contributed by atoms with Gasteiger partial charge >= 0.3 is 0 Å². The van der Waals surface area contributed by atoms with Crippen LogP contribution in [0.15, 0.2) is 0 Å². The van der Waals surface area contributed by atoms with Crippen molar-refractivity contribution in [3.8, 4) is 6.07 Å². The molecular formula is C6H10N2O. The van der Waals surface area contributed by atoms with Gasteiger partial charge in [-0.05, 0) is 7.05 Å². The third-order valence-electron chi connectivity index (χ3n) is 0.890. The lowest BCUT2D eigenvalue weighted by atomic mass is 10.2. The first-order valence-corrected chi connectivity index (χ1v) is 2.84. The van der Waals surface area contributed by atoms with Crippen LogP contribution in [0.5, 0.6) is 0 Å². The number of carbonyl (C=O) groups excluding carboxylic acids is 1. The van der Waals surface area contributed by atoms with Crippen LogP contribution in [0, 0.1) is 11.3 Å². The second-order valence-corrected chi connectivity index (χ2v) is 1.73. The van der Waals surface area contributed by atoms with Crippen molar-refractivity contribution in [3.05, 3.63) is 0 Å². The zero-order valence-electron chi connectivity index (χ0n) is 5.48. The van der Waals surface area contributed by atoms with Gasteiger partial charge in [0.05, 0.1) is 12.6 Å². The average Bonchev–Trinajstić information content (AvgIpc) is 1.85. The molecule has 0 aromatic heterocycles. The molecule has 0 amide bonds. The molecule has 50 valence electrons. The highest BCUT2D eigenvalue weighted by atomic mass is 16.1. The third-order valence-corrected chi connectivity index (χ3v) is 0.890. The summed E-state index contributed by atoms with van der Waals surface area (Å²) in [4.78, 5) is 10.6. The van der Waals surface area contributed by atoms with E-state index < -0.39 is 0 Å². The van der Waals surface area contributed by atoms with E-state index >= 15 is 0 Å². The molecule has 0 heterocycles. The van der Waals surface area contributed by atoms with Crippen molar-refractivity contribution in [2.24, 2.45) is 0 Å². The lowest BCUT2D eigenvalue weighted by molar-refractivity contribution is -0.118. The monoisotopic (exact) mass is 126 g/mol. The Hall–Kier alpha value is -0.880. The van der Waals surface area contributed by atoms with Crippen molar-refractivity contribution < 1.29 is 4.79 Å². The second kappa shape index (κ2) is 5.26. The van der Waals surface area contributed by atoms with Gasteiger partial charge < -0.3 is 5.32 Å². The van der Waals surface area contributed by atoms with Crippen LogP contribution in [-0.4, -0.2) is 19.4 Å². The van der Waals surface area contributed by atoms with Gasteiger partial charge in [0.1, 0.15) is 5.78 Å². The predicted molar refractivity (Wildman–Crippen MR) is 33.8 cm³/mol. The van der Waals surface area contributed by atoms with Crippen LogP contribution in [0.4, 0.5) is 0 Å². The Morgan fingerprint density at radius 2 is 2.44 bits per heavy atom. The van der Waals surface area contributed by atoms with Crippen molar-refractivity contribution in [2.75, 3.05) is 13.6 Å². The first-order valence-electron chi connectivity index (χ1n) is 2.84. The molecule has 0 bridgehead atoms. The quantitative estimate of drug-likeness (QED) is 0.580. The van der Waals surface area contributed by atoms with E-state index in [0.717, 1.165) is 0 Å². The van der Waals surface area contributed by atoms with E-state index in [1.807, 2.05) is 6.07 Å². The summed E-state index contributed by atoms with van der Waals surface area (Å²) in [6.45, 7) is 0.377. The minimum atomic E-state index is 0.0963. The van der Waals surface area contributed by atoms with Crippen molar-refractivity contribution >= 4 is 5.78 Å². The van der Waals surface area contributed by atoms with Gasteiger partial charge in [-0.3, -0.25) is 4.79 Å². The lowest BCUT2D eigenvalue weighted by Gasteiger charge is -1.92. The SMILES string of the molecule is CNCC(=O)CCC#N. The Bertz CT molecular complexity index is 126. The minimum Gasteiger partial charge on any atom is -0.313 e. The number of hydrogen-bond acceptors (Lipinski definition) is 3. The zero-order chi connectivity index (χ0) is 7.11. The largest absolute Gasteiger partial charge is 0.313 e. The van der Waals surface area contributed by atoms with E-state index in [2.05, 4.69) is 5.32 Å². The number of carbonyl (C=O) groups is 1. The first kappa shape index (κ1) is 8.12. The standard InChI is InChI=1S/C6H10N2O/c1-8-5-6(9)3-2-4-7/h8H,2-3,5H2,1H3. The maximum atomic E-state index is 10.6. The van der Waals surface area contributed by atoms with Gasteiger partial charge in [0.15, 0.2) is 0 Å². The van der Waals surface area contributed by atoms with E-state index in [0.29, 0.717) is 19.4 Å².